The summed E-state index contributed by atoms with van der Waals surface area (Å²) < 4.78 is -1.78. The molecule has 0 unspecified atom stereocenters. The van der Waals surface area contributed by atoms with Gasteiger partial charge >= 0.3 is 0 Å². The largest absolute Gasteiger partial charge is 0.395 e. The van der Waals surface area contributed by atoms with Gasteiger partial charge < -0.3 is 20.8 Å². The average molecular weight is 317 g/mol. The summed E-state index contributed by atoms with van der Waals surface area (Å²) in [5, 5.41) is 22.9. The van der Waals surface area contributed by atoms with Crippen LogP contribution in [0, 0.1) is 0 Å². The molecule has 0 bridgehead atoms. The van der Waals surface area contributed by atoms with Crippen LogP contribution in [-0.4, -0.2) is 51.5 Å². The number of alkyl halides is 3. The van der Waals surface area contributed by atoms with Crippen molar-refractivity contribution >= 4 is 46.7 Å². The van der Waals surface area contributed by atoms with Crippen molar-refractivity contribution in [2.45, 2.75) is 3.79 Å². The fourth-order valence-electron chi connectivity index (χ4n) is 0.996. The molecular weight excluding hydrogens is 304 g/mol. The molecule has 0 aliphatic carbocycles. The molecule has 0 aromatic carbocycles. The Kier molecular flexibility index (Phi) is 6.10. The summed E-state index contributed by atoms with van der Waals surface area (Å²) in [5.41, 5.74) is 0. The van der Waals surface area contributed by atoms with Crippen LogP contribution in [0.5, 0.6) is 0 Å². The maximum Gasteiger partial charge on any atom is 0.250 e. The summed E-state index contributed by atoms with van der Waals surface area (Å²) >= 11 is 17.1. The third-order valence-corrected chi connectivity index (χ3v) is 2.19. The normalized spacial score (nSPS) is 11.4. The molecule has 0 saturated heterocycles. The summed E-state index contributed by atoms with van der Waals surface area (Å²) in [6.45, 7) is 0.327. The fraction of sp³-hybridized carbons (Fsp3) is 0.625. The van der Waals surface area contributed by atoms with E-state index in [1.54, 1.807) is 0 Å². The van der Waals surface area contributed by atoms with Crippen molar-refractivity contribution < 1.29 is 10.2 Å². The highest BCUT2D eigenvalue weighted by Gasteiger charge is 2.28. The van der Waals surface area contributed by atoms with Gasteiger partial charge in [-0.2, -0.15) is 15.0 Å². The van der Waals surface area contributed by atoms with Crippen molar-refractivity contribution in [3.63, 3.8) is 0 Å². The summed E-state index contributed by atoms with van der Waals surface area (Å²) in [4.78, 5) is 11.8. The predicted octanol–water partition coefficient (Wildman–Crippen LogP) is 0.507. The first kappa shape index (κ1) is 15.5. The minimum absolute atomic E-state index is 0.0524. The van der Waals surface area contributed by atoms with E-state index in [2.05, 4.69) is 25.6 Å². The summed E-state index contributed by atoms with van der Waals surface area (Å²) in [5.74, 6) is 0.282. The van der Waals surface area contributed by atoms with Gasteiger partial charge in [-0.15, -0.1) is 0 Å². The Labute approximate surface area is 119 Å². The van der Waals surface area contributed by atoms with Crippen LogP contribution >= 0.6 is 34.8 Å². The van der Waals surface area contributed by atoms with E-state index >= 15 is 0 Å². The number of halogens is 3. The minimum Gasteiger partial charge on any atom is -0.395 e. The van der Waals surface area contributed by atoms with Gasteiger partial charge in [0.15, 0.2) is 5.82 Å². The first-order chi connectivity index (χ1) is 8.47. The van der Waals surface area contributed by atoms with Gasteiger partial charge in [0.2, 0.25) is 15.7 Å². The molecule has 0 radical (unpaired) electrons. The molecular formula is C8H12Cl3N5O2. The van der Waals surface area contributed by atoms with Crippen LogP contribution in [-0.2, 0) is 3.79 Å². The maximum absolute atomic E-state index is 8.71. The Morgan fingerprint density at radius 3 is 1.67 bits per heavy atom. The van der Waals surface area contributed by atoms with E-state index in [0.29, 0.717) is 0 Å². The van der Waals surface area contributed by atoms with Crippen LogP contribution in [0.3, 0.4) is 0 Å². The molecule has 0 aliphatic rings. The van der Waals surface area contributed by atoms with Crippen LogP contribution < -0.4 is 10.6 Å². The van der Waals surface area contributed by atoms with Crippen molar-refractivity contribution in [2.75, 3.05) is 36.9 Å². The Morgan fingerprint density at radius 2 is 1.33 bits per heavy atom. The average Bonchev–Trinajstić information content (AvgIpc) is 2.32. The van der Waals surface area contributed by atoms with Crippen LogP contribution in [0.15, 0.2) is 0 Å². The number of hydrogen-bond acceptors (Lipinski definition) is 7. The summed E-state index contributed by atoms with van der Waals surface area (Å²) in [6.07, 6.45) is 0. The van der Waals surface area contributed by atoms with Crippen LogP contribution in [0.1, 0.15) is 5.82 Å². The molecule has 1 aromatic rings. The highest BCUT2D eigenvalue weighted by Crippen LogP contribution is 2.36. The van der Waals surface area contributed by atoms with Gasteiger partial charge in [-0.25, -0.2) is 0 Å². The van der Waals surface area contributed by atoms with Crippen LogP contribution in [0.25, 0.3) is 0 Å². The quantitative estimate of drug-likeness (QED) is 0.567. The lowest BCUT2D eigenvalue weighted by Gasteiger charge is -2.13. The lowest BCUT2D eigenvalue weighted by molar-refractivity contribution is 0.310. The van der Waals surface area contributed by atoms with Crippen molar-refractivity contribution in [2.24, 2.45) is 0 Å². The van der Waals surface area contributed by atoms with E-state index in [1.807, 2.05) is 0 Å². The molecule has 1 heterocycles. The first-order valence-electron chi connectivity index (χ1n) is 5.00. The van der Waals surface area contributed by atoms with E-state index in [1.165, 1.54) is 0 Å². The monoisotopic (exact) mass is 315 g/mol. The lowest BCUT2D eigenvalue weighted by Crippen LogP contribution is -2.17. The van der Waals surface area contributed by atoms with Crippen LogP contribution in [0.4, 0.5) is 11.9 Å². The predicted molar refractivity (Wildman–Crippen MR) is 70.2 cm³/mol. The number of anilines is 2. The van der Waals surface area contributed by atoms with E-state index in [-0.39, 0.29) is 44.0 Å². The minimum atomic E-state index is -1.78. The Bertz CT molecular complexity index is 361. The zero-order valence-electron chi connectivity index (χ0n) is 9.20. The molecule has 0 aliphatic heterocycles. The van der Waals surface area contributed by atoms with E-state index in [0.717, 1.165) is 0 Å². The summed E-state index contributed by atoms with van der Waals surface area (Å²) in [7, 11) is 0. The van der Waals surface area contributed by atoms with Gasteiger partial charge in [-0.3, -0.25) is 0 Å². The third-order valence-electron chi connectivity index (χ3n) is 1.68. The van der Waals surface area contributed by atoms with Crippen molar-refractivity contribution in [1.82, 2.24) is 15.0 Å². The number of hydrogen-bond donors (Lipinski definition) is 4. The molecule has 0 spiro atoms. The van der Waals surface area contributed by atoms with Crippen molar-refractivity contribution in [3.8, 4) is 0 Å². The molecule has 0 amide bonds. The highest BCUT2D eigenvalue weighted by molar-refractivity contribution is 6.66. The molecule has 1 rings (SSSR count). The molecule has 18 heavy (non-hydrogen) atoms. The molecule has 7 nitrogen and oxygen atoms in total. The molecule has 0 atom stereocenters. The van der Waals surface area contributed by atoms with E-state index < -0.39 is 3.79 Å². The third kappa shape index (κ3) is 4.95. The van der Waals surface area contributed by atoms with Gasteiger partial charge in [0.25, 0.3) is 0 Å². The van der Waals surface area contributed by atoms with Gasteiger partial charge in [0, 0.05) is 13.1 Å². The number of rotatable bonds is 6. The van der Waals surface area contributed by atoms with Crippen molar-refractivity contribution in [3.05, 3.63) is 5.82 Å². The zero-order chi connectivity index (χ0) is 13.6. The SMILES string of the molecule is OCCNc1nc(NCCO)nc(C(Cl)(Cl)Cl)n1. The van der Waals surface area contributed by atoms with E-state index in [4.69, 9.17) is 45.0 Å². The van der Waals surface area contributed by atoms with Crippen molar-refractivity contribution in [1.29, 1.82) is 0 Å². The Hall–Kier alpha value is -0.600. The second-order valence-corrected chi connectivity index (χ2v) is 5.39. The number of nitrogens with zero attached hydrogens (tertiary/aromatic N) is 3. The number of aliphatic hydroxyl groups excluding tert-OH is 2. The molecule has 1 aromatic heterocycles. The number of aromatic nitrogens is 3. The first-order valence-corrected chi connectivity index (χ1v) is 6.13. The van der Waals surface area contributed by atoms with Gasteiger partial charge in [-0.05, 0) is 0 Å². The number of nitrogens with one attached hydrogen (secondary N) is 2. The molecule has 0 fully saturated rings. The Morgan fingerprint density at radius 1 is 0.889 bits per heavy atom. The molecule has 10 heteroatoms. The van der Waals surface area contributed by atoms with Gasteiger partial charge in [-0.1, -0.05) is 34.8 Å². The number of aliphatic hydroxyl groups is 2. The van der Waals surface area contributed by atoms with Gasteiger partial charge in [0.05, 0.1) is 13.2 Å². The smallest absolute Gasteiger partial charge is 0.250 e. The molecule has 102 valence electrons. The van der Waals surface area contributed by atoms with Gasteiger partial charge in [0.1, 0.15) is 0 Å². The Balaban J connectivity index is 2.96. The second-order valence-electron chi connectivity index (χ2n) is 3.10. The fourth-order valence-corrected chi connectivity index (χ4v) is 1.25. The standard InChI is InChI=1S/C8H12Cl3N5O2/c9-8(10,11)5-14-6(12-1-3-17)16-7(15-5)13-2-4-18/h17-18H,1-4H2,(H2,12,13,14,15,16). The maximum atomic E-state index is 8.71. The zero-order valence-corrected chi connectivity index (χ0v) is 11.5. The lowest BCUT2D eigenvalue weighted by atomic mass is 10.6. The van der Waals surface area contributed by atoms with Crippen LogP contribution in [0.2, 0.25) is 0 Å². The molecule has 0 saturated carbocycles. The highest BCUT2D eigenvalue weighted by atomic mass is 35.6. The summed E-state index contributed by atoms with van der Waals surface area (Å²) in [6, 6.07) is 0. The molecule has 4 N–H and O–H groups in total. The topological polar surface area (TPSA) is 103 Å². The van der Waals surface area contributed by atoms with E-state index in [9.17, 15) is 0 Å². The second kappa shape index (κ2) is 7.10.